The first kappa shape index (κ1) is 12.1. The van der Waals surface area contributed by atoms with E-state index in [-0.39, 0.29) is 0 Å². The van der Waals surface area contributed by atoms with Gasteiger partial charge in [-0.1, -0.05) is 6.07 Å². The van der Waals surface area contributed by atoms with Crippen LogP contribution in [-0.4, -0.2) is 26.3 Å². The Kier molecular flexibility index (Phi) is 3.41. The Hall–Kier alpha value is -1.95. The van der Waals surface area contributed by atoms with Gasteiger partial charge in [0.05, 0.1) is 12.1 Å². The van der Waals surface area contributed by atoms with E-state index in [2.05, 4.69) is 36.3 Å². The summed E-state index contributed by atoms with van der Waals surface area (Å²) in [5.41, 5.74) is 0.916. The molecule has 1 aromatic carbocycles. The third-order valence-electron chi connectivity index (χ3n) is 2.81. The molecule has 0 unspecified atom stereocenters. The number of para-hydroxylation sites is 1. The Morgan fingerprint density at radius 2 is 2.16 bits per heavy atom. The molecule has 5 nitrogen and oxygen atoms in total. The van der Waals surface area contributed by atoms with Crippen LogP contribution >= 0.6 is 15.9 Å². The highest BCUT2D eigenvalue weighted by molar-refractivity contribution is 9.10. The third kappa shape index (κ3) is 2.58. The molecule has 2 aromatic heterocycles. The zero-order valence-electron chi connectivity index (χ0n) is 10.1. The van der Waals surface area contributed by atoms with E-state index in [1.165, 1.54) is 0 Å². The summed E-state index contributed by atoms with van der Waals surface area (Å²) < 4.78 is 2.86. The van der Waals surface area contributed by atoms with Gasteiger partial charge in [0.15, 0.2) is 0 Å². The van der Waals surface area contributed by atoms with E-state index in [1.807, 2.05) is 35.1 Å². The molecule has 1 N–H and O–H groups in total. The molecule has 0 aliphatic heterocycles. The SMILES string of the molecule is Brc1cccc2c(NCCn3cccn3)ncnc12. The van der Waals surface area contributed by atoms with Gasteiger partial charge < -0.3 is 5.32 Å². The fourth-order valence-electron chi connectivity index (χ4n) is 1.91. The van der Waals surface area contributed by atoms with E-state index < -0.39 is 0 Å². The van der Waals surface area contributed by atoms with E-state index in [9.17, 15) is 0 Å². The van der Waals surface area contributed by atoms with Crippen molar-refractivity contribution in [3.8, 4) is 0 Å². The van der Waals surface area contributed by atoms with Crippen molar-refractivity contribution in [2.45, 2.75) is 6.54 Å². The molecule has 19 heavy (non-hydrogen) atoms. The Labute approximate surface area is 118 Å². The summed E-state index contributed by atoms with van der Waals surface area (Å²) >= 11 is 3.50. The van der Waals surface area contributed by atoms with Crippen molar-refractivity contribution in [3.63, 3.8) is 0 Å². The van der Waals surface area contributed by atoms with Crippen LogP contribution in [0, 0.1) is 0 Å². The average Bonchev–Trinajstić information content (AvgIpc) is 2.93. The summed E-state index contributed by atoms with van der Waals surface area (Å²) in [5, 5.41) is 8.49. The average molecular weight is 318 g/mol. The molecule has 0 amide bonds. The standard InChI is InChI=1S/C13H12BrN5/c14-11-4-1-3-10-12(11)16-9-17-13(10)15-6-8-19-7-2-5-18-19/h1-5,7,9H,6,8H2,(H,15,16,17). The van der Waals surface area contributed by atoms with Gasteiger partial charge in [-0.3, -0.25) is 4.68 Å². The van der Waals surface area contributed by atoms with Crippen molar-refractivity contribution in [1.82, 2.24) is 19.7 Å². The minimum absolute atomic E-state index is 0.764. The molecule has 0 bridgehead atoms. The molecule has 3 rings (SSSR count). The number of hydrogen-bond donors (Lipinski definition) is 1. The van der Waals surface area contributed by atoms with Crippen LogP contribution in [0.1, 0.15) is 0 Å². The van der Waals surface area contributed by atoms with Crippen LogP contribution in [0.25, 0.3) is 10.9 Å². The fraction of sp³-hybridized carbons (Fsp3) is 0.154. The lowest BCUT2D eigenvalue weighted by Gasteiger charge is -2.08. The largest absolute Gasteiger partial charge is 0.368 e. The van der Waals surface area contributed by atoms with Gasteiger partial charge in [0.2, 0.25) is 0 Å². The number of aromatic nitrogens is 4. The highest BCUT2D eigenvalue weighted by Gasteiger charge is 2.05. The summed E-state index contributed by atoms with van der Waals surface area (Å²) in [5.74, 6) is 0.846. The van der Waals surface area contributed by atoms with Crippen LogP contribution < -0.4 is 5.32 Å². The van der Waals surface area contributed by atoms with Crippen molar-refractivity contribution in [3.05, 3.63) is 47.5 Å². The van der Waals surface area contributed by atoms with Gasteiger partial charge >= 0.3 is 0 Å². The monoisotopic (exact) mass is 317 g/mol. The lowest BCUT2D eigenvalue weighted by molar-refractivity contribution is 0.637. The Morgan fingerprint density at radius 3 is 3.00 bits per heavy atom. The minimum Gasteiger partial charge on any atom is -0.368 e. The van der Waals surface area contributed by atoms with Crippen LogP contribution in [0.4, 0.5) is 5.82 Å². The molecule has 0 aliphatic carbocycles. The highest BCUT2D eigenvalue weighted by Crippen LogP contribution is 2.25. The van der Waals surface area contributed by atoms with Crippen LogP contribution in [0.2, 0.25) is 0 Å². The molecule has 0 spiro atoms. The number of hydrogen-bond acceptors (Lipinski definition) is 4. The molecule has 3 aromatic rings. The normalized spacial score (nSPS) is 10.8. The van der Waals surface area contributed by atoms with Gasteiger partial charge in [-0.15, -0.1) is 0 Å². The lowest BCUT2D eigenvalue weighted by Crippen LogP contribution is -2.12. The van der Waals surface area contributed by atoms with Crippen molar-refractivity contribution >= 4 is 32.7 Å². The molecule has 0 atom stereocenters. The first-order valence-corrected chi connectivity index (χ1v) is 6.74. The minimum atomic E-state index is 0.764. The third-order valence-corrected chi connectivity index (χ3v) is 3.45. The number of nitrogens with zero attached hydrogens (tertiary/aromatic N) is 4. The number of fused-ring (bicyclic) bond motifs is 1. The van der Waals surface area contributed by atoms with Crippen LogP contribution in [0.15, 0.2) is 47.5 Å². The second-order valence-electron chi connectivity index (χ2n) is 4.05. The second kappa shape index (κ2) is 5.36. The smallest absolute Gasteiger partial charge is 0.137 e. The van der Waals surface area contributed by atoms with Gasteiger partial charge in [-0.25, -0.2) is 9.97 Å². The van der Waals surface area contributed by atoms with Gasteiger partial charge in [-0.2, -0.15) is 5.10 Å². The van der Waals surface area contributed by atoms with E-state index in [0.717, 1.165) is 34.3 Å². The quantitative estimate of drug-likeness (QED) is 0.803. The second-order valence-corrected chi connectivity index (χ2v) is 4.91. The Morgan fingerprint density at radius 1 is 1.21 bits per heavy atom. The van der Waals surface area contributed by atoms with Gasteiger partial charge in [0.25, 0.3) is 0 Å². The molecule has 0 saturated carbocycles. The zero-order valence-corrected chi connectivity index (χ0v) is 11.7. The fourth-order valence-corrected chi connectivity index (χ4v) is 2.38. The summed E-state index contributed by atoms with van der Waals surface area (Å²) in [6, 6.07) is 7.88. The highest BCUT2D eigenvalue weighted by atomic mass is 79.9. The lowest BCUT2D eigenvalue weighted by atomic mass is 10.2. The summed E-state index contributed by atoms with van der Waals surface area (Å²) in [6.45, 7) is 1.56. The van der Waals surface area contributed by atoms with Crippen molar-refractivity contribution in [1.29, 1.82) is 0 Å². The first-order valence-electron chi connectivity index (χ1n) is 5.95. The van der Waals surface area contributed by atoms with Gasteiger partial charge in [0.1, 0.15) is 12.1 Å². The number of benzene rings is 1. The zero-order chi connectivity index (χ0) is 13.1. The number of nitrogens with one attached hydrogen (secondary N) is 1. The molecule has 0 radical (unpaired) electrons. The molecular weight excluding hydrogens is 306 g/mol. The van der Waals surface area contributed by atoms with Crippen molar-refractivity contribution in [2.75, 3.05) is 11.9 Å². The molecule has 0 fully saturated rings. The predicted molar refractivity (Wildman–Crippen MR) is 78.0 cm³/mol. The topological polar surface area (TPSA) is 55.6 Å². The molecule has 2 heterocycles. The van der Waals surface area contributed by atoms with Crippen LogP contribution in [0.3, 0.4) is 0 Å². The van der Waals surface area contributed by atoms with Crippen LogP contribution in [0.5, 0.6) is 0 Å². The Bertz CT molecular complexity index is 681. The maximum Gasteiger partial charge on any atom is 0.137 e. The maximum absolute atomic E-state index is 4.29. The summed E-state index contributed by atoms with van der Waals surface area (Å²) in [7, 11) is 0. The van der Waals surface area contributed by atoms with Crippen LogP contribution in [-0.2, 0) is 6.54 Å². The van der Waals surface area contributed by atoms with E-state index >= 15 is 0 Å². The number of anilines is 1. The maximum atomic E-state index is 4.29. The van der Waals surface area contributed by atoms with Crippen molar-refractivity contribution < 1.29 is 0 Å². The molecule has 96 valence electrons. The predicted octanol–water partition coefficient (Wildman–Crippen LogP) is 2.70. The summed E-state index contributed by atoms with van der Waals surface area (Å²) in [4.78, 5) is 8.58. The van der Waals surface area contributed by atoms with E-state index in [1.54, 1.807) is 12.5 Å². The molecular formula is C13H12BrN5. The van der Waals surface area contributed by atoms with E-state index in [4.69, 9.17) is 0 Å². The molecule has 0 saturated heterocycles. The molecule has 0 aliphatic rings. The van der Waals surface area contributed by atoms with Crippen molar-refractivity contribution in [2.24, 2.45) is 0 Å². The van der Waals surface area contributed by atoms with E-state index in [0.29, 0.717) is 0 Å². The summed E-state index contributed by atoms with van der Waals surface area (Å²) in [6.07, 6.45) is 5.29. The first-order chi connectivity index (χ1) is 9.34. The van der Waals surface area contributed by atoms with Gasteiger partial charge in [-0.05, 0) is 34.1 Å². The molecule has 6 heteroatoms. The number of rotatable bonds is 4. The number of halogens is 1. The van der Waals surface area contributed by atoms with Gasteiger partial charge in [0, 0.05) is 28.8 Å². The Balaban J connectivity index is 1.79.